The topological polar surface area (TPSA) is 20.3 Å². The van der Waals surface area contributed by atoms with Crippen LogP contribution in [0, 0.1) is 0 Å². The number of para-hydroxylation sites is 1. The molecule has 0 spiro atoms. The first kappa shape index (κ1) is 13.8. The predicted octanol–water partition coefficient (Wildman–Crippen LogP) is 4.16. The summed E-state index contributed by atoms with van der Waals surface area (Å²) in [6.07, 6.45) is 0. The quantitative estimate of drug-likeness (QED) is 0.772. The number of benzene rings is 2. The molecule has 2 aromatic carbocycles. The minimum absolute atomic E-state index is 0.137. The number of likely N-dealkylation sites (N-methyl/N-ethyl adjacent to an activating group) is 1. The lowest BCUT2D eigenvalue weighted by Gasteiger charge is -2.22. The lowest BCUT2D eigenvalue weighted by molar-refractivity contribution is 0.0999. The lowest BCUT2D eigenvalue weighted by Crippen LogP contribution is -2.29. The number of ketones is 1. The maximum atomic E-state index is 12.2. The third-order valence-corrected chi connectivity index (χ3v) is 3.53. The van der Waals surface area contributed by atoms with Crippen LogP contribution in [0.3, 0.4) is 0 Å². The molecule has 0 fully saturated rings. The molecule has 0 aliphatic carbocycles. The van der Waals surface area contributed by atoms with Crippen LogP contribution < -0.4 is 4.90 Å². The Bertz CT molecular complexity index is 536. The first-order valence-electron chi connectivity index (χ1n) is 6.29. The number of hydrogen-bond acceptors (Lipinski definition) is 2. The van der Waals surface area contributed by atoms with Crippen molar-refractivity contribution in [2.24, 2.45) is 0 Å². The summed E-state index contributed by atoms with van der Waals surface area (Å²) in [7, 11) is 0. The number of carbonyl (C=O) groups excluding carboxylic acids is 1. The van der Waals surface area contributed by atoms with Crippen molar-refractivity contribution in [3.8, 4) is 0 Å². The number of halogens is 1. The van der Waals surface area contributed by atoms with E-state index in [1.165, 1.54) is 0 Å². The van der Waals surface area contributed by atoms with Gasteiger partial charge in [0.05, 0.1) is 6.54 Å². The van der Waals surface area contributed by atoms with E-state index in [1.54, 1.807) is 0 Å². The van der Waals surface area contributed by atoms with Gasteiger partial charge < -0.3 is 4.90 Å². The third kappa shape index (κ3) is 3.67. The summed E-state index contributed by atoms with van der Waals surface area (Å²) in [5.41, 5.74) is 1.83. The van der Waals surface area contributed by atoms with E-state index in [-0.39, 0.29) is 5.78 Å². The first-order chi connectivity index (χ1) is 9.20. The van der Waals surface area contributed by atoms with Crippen LogP contribution in [0.1, 0.15) is 17.3 Å². The van der Waals surface area contributed by atoms with Crippen LogP contribution in [0.2, 0.25) is 0 Å². The maximum Gasteiger partial charge on any atom is 0.182 e. The molecule has 0 N–H and O–H groups in total. The fourth-order valence-electron chi connectivity index (χ4n) is 1.92. The van der Waals surface area contributed by atoms with Crippen LogP contribution >= 0.6 is 15.9 Å². The Kier molecular flexibility index (Phi) is 4.74. The van der Waals surface area contributed by atoms with Gasteiger partial charge in [0, 0.05) is 22.3 Å². The summed E-state index contributed by atoms with van der Waals surface area (Å²) in [4.78, 5) is 14.3. The molecule has 2 nitrogen and oxygen atoms in total. The standard InChI is InChI=1S/C16H16BrNO/c1-2-18(15-6-4-3-5-7-15)12-16(19)13-8-10-14(17)11-9-13/h3-11H,2,12H2,1H3. The van der Waals surface area contributed by atoms with Crippen molar-refractivity contribution >= 4 is 27.4 Å². The highest BCUT2D eigenvalue weighted by Crippen LogP contribution is 2.15. The third-order valence-electron chi connectivity index (χ3n) is 3.00. The number of nitrogens with zero attached hydrogens (tertiary/aromatic N) is 1. The fourth-order valence-corrected chi connectivity index (χ4v) is 2.19. The molecule has 0 aliphatic heterocycles. The highest BCUT2D eigenvalue weighted by atomic mass is 79.9. The van der Waals surface area contributed by atoms with Gasteiger partial charge in [0.2, 0.25) is 0 Å². The molecule has 0 bridgehead atoms. The van der Waals surface area contributed by atoms with Crippen molar-refractivity contribution < 1.29 is 4.79 Å². The van der Waals surface area contributed by atoms with Crippen molar-refractivity contribution in [1.82, 2.24) is 0 Å². The van der Waals surface area contributed by atoms with E-state index in [9.17, 15) is 4.79 Å². The summed E-state index contributed by atoms with van der Waals surface area (Å²) >= 11 is 3.37. The largest absolute Gasteiger partial charge is 0.364 e. The van der Waals surface area contributed by atoms with Gasteiger partial charge in [0.15, 0.2) is 5.78 Å². The van der Waals surface area contributed by atoms with Gasteiger partial charge in [-0.1, -0.05) is 46.3 Å². The number of Topliss-reactive ketones (excluding diaryl/α,β-unsaturated/α-hetero) is 1. The highest BCUT2D eigenvalue weighted by molar-refractivity contribution is 9.10. The molecule has 0 radical (unpaired) electrons. The number of rotatable bonds is 5. The summed E-state index contributed by atoms with van der Waals surface area (Å²) in [6.45, 7) is 3.27. The molecule has 19 heavy (non-hydrogen) atoms. The molecule has 0 saturated carbocycles. The molecule has 0 aromatic heterocycles. The van der Waals surface area contributed by atoms with Crippen molar-refractivity contribution in [2.75, 3.05) is 18.0 Å². The Morgan fingerprint density at radius 2 is 1.68 bits per heavy atom. The Morgan fingerprint density at radius 1 is 1.05 bits per heavy atom. The van der Waals surface area contributed by atoms with Crippen LogP contribution in [0.4, 0.5) is 5.69 Å². The number of carbonyl (C=O) groups is 1. The van der Waals surface area contributed by atoms with Crippen LogP contribution in [-0.2, 0) is 0 Å². The fraction of sp³-hybridized carbons (Fsp3) is 0.188. The lowest BCUT2D eigenvalue weighted by atomic mass is 10.1. The first-order valence-corrected chi connectivity index (χ1v) is 7.08. The van der Waals surface area contributed by atoms with Crippen molar-refractivity contribution in [1.29, 1.82) is 0 Å². The van der Waals surface area contributed by atoms with Crippen LogP contribution in [0.5, 0.6) is 0 Å². The molecular weight excluding hydrogens is 302 g/mol. The predicted molar refractivity (Wildman–Crippen MR) is 82.8 cm³/mol. The van der Waals surface area contributed by atoms with Crippen molar-refractivity contribution in [3.63, 3.8) is 0 Å². The van der Waals surface area contributed by atoms with Gasteiger partial charge >= 0.3 is 0 Å². The van der Waals surface area contributed by atoms with E-state index in [0.29, 0.717) is 6.54 Å². The second-order valence-electron chi connectivity index (χ2n) is 4.28. The molecule has 98 valence electrons. The zero-order valence-corrected chi connectivity index (χ0v) is 12.4. The molecule has 0 atom stereocenters. The van der Waals surface area contributed by atoms with Crippen molar-refractivity contribution in [2.45, 2.75) is 6.92 Å². The van der Waals surface area contributed by atoms with Crippen LogP contribution in [0.25, 0.3) is 0 Å². The molecule has 0 heterocycles. The number of anilines is 1. The molecule has 2 rings (SSSR count). The summed E-state index contributed by atoms with van der Waals surface area (Å²) in [5, 5.41) is 0. The van der Waals surface area contributed by atoms with E-state index in [0.717, 1.165) is 22.3 Å². The highest BCUT2D eigenvalue weighted by Gasteiger charge is 2.11. The Labute approximate surface area is 122 Å². The second kappa shape index (κ2) is 6.53. The summed E-state index contributed by atoms with van der Waals surface area (Å²) in [6, 6.07) is 17.5. The minimum Gasteiger partial charge on any atom is -0.364 e. The molecular formula is C16H16BrNO. The molecule has 0 amide bonds. The molecule has 2 aromatic rings. The zero-order chi connectivity index (χ0) is 13.7. The van der Waals surface area contributed by atoms with E-state index in [1.807, 2.05) is 54.6 Å². The maximum absolute atomic E-state index is 12.2. The normalized spacial score (nSPS) is 10.2. The average molecular weight is 318 g/mol. The zero-order valence-electron chi connectivity index (χ0n) is 10.8. The van der Waals surface area contributed by atoms with E-state index >= 15 is 0 Å². The van der Waals surface area contributed by atoms with Crippen LogP contribution in [0.15, 0.2) is 59.1 Å². The SMILES string of the molecule is CCN(CC(=O)c1ccc(Br)cc1)c1ccccc1. The monoisotopic (exact) mass is 317 g/mol. The Balaban J connectivity index is 2.10. The van der Waals surface area contributed by atoms with E-state index < -0.39 is 0 Å². The summed E-state index contributed by atoms with van der Waals surface area (Å²) < 4.78 is 0.986. The van der Waals surface area contributed by atoms with Gasteiger partial charge in [0.25, 0.3) is 0 Å². The molecule has 0 saturated heterocycles. The number of hydrogen-bond donors (Lipinski definition) is 0. The summed E-state index contributed by atoms with van der Waals surface area (Å²) in [5.74, 6) is 0.137. The minimum atomic E-state index is 0.137. The van der Waals surface area contributed by atoms with Gasteiger partial charge in [-0.3, -0.25) is 4.79 Å². The van der Waals surface area contributed by atoms with Gasteiger partial charge in [-0.25, -0.2) is 0 Å². The van der Waals surface area contributed by atoms with Gasteiger partial charge in [0.1, 0.15) is 0 Å². The van der Waals surface area contributed by atoms with Crippen molar-refractivity contribution in [3.05, 3.63) is 64.6 Å². The average Bonchev–Trinajstić information content (AvgIpc) is 2.46. The molecule has 3 heteroatoms. The molecule has 0 unspecified atom stereocenters. The van der Waals surface area contributed by atoms with Gasteiger partial charge in [-0.2, -0.15) is 0 Å². The van der Waals surface area contributed by atoms with Crippen LogP contribution in [-0.4, -0.2) is 18.9 Å². The smallest absolute Gasteiger partial charge is 0.182 e. The van der Waals surface area contributed by atoms with Gasteiger partial charge in [-0.05, 0) is 31.2 Å². The Hall–Kier alpha value is -1.61. The Morgan fingerprint density at radius 3 is 2.26 bits per heavy atom. The van der Waals surface area contributed by atoms with E-state index in [4.69, 9.17) is 0 Å². The van der Waals surface area contributed by atoms with Gasteiger partial charge in [-0.15, -0.1) is 0 Å². The van der Waals surface area contributed by atoms with E-state index in [2.05, 4.69) is 27.8 Å². The molecule has 0 aliphatic rings. The second-order valence-corrected chi connectivity index (χ2v) is 5.20.